The van der Waals surface area contributed by atoms with E-state index in [9.17, 15) is 14.0 Å². The molecule has 0 bridgehead atoms. The molecule has 1 atom stereocenters. The zero-order valence-electron chi connectivity index (χ0n) is 13.5. The van der Waals surface area contributed by atoms with E-state index in [1.54, 1.807) is 20.8 Å². The largest absolute Gasteiger partial charge is 0.444 e. The second-order valence-electron chi connectivity index (χ2n) is 7.01. The Hall–Kier alpha value is -1.59. The molecule has 0 aromatic rings. The highest BCUT2D eigenvalue weighted by atomic mass is 19.1. The lowest BCUT2D eigenvalue weighted by molar-refractivity contribution is -0.135. The van der Waals surface area contributed by atoms with Crippen molar-refractivity contribution < 1.29 is 18.7 Å². The lowest BCUT2D eigenvalue weighted by Crippen LogP contribution is -2.55. The average molecular weight is 312 g/mol. The van der Waals surface area contributed by atoms with Crippen molar-refractivity contribution in [3.8, 4) is 0 Å². The number of carbonyl (C=O) groups excluding carboxylic acids is 2. The van der Waals surface area contributed by atoms with Gasteiger partial charge in [-0.25, -0.2) is 9.18 Å². The minimum absolute atomic E-state index is 0.00193. The first-order chi connectivity index (χ1) is 10.3. The fraction of sp³-hybridized carbons (Fsp3) is 0.750. The molecular formula is C16H25FN2O3. The summed E-state index contributed by atoms with van der Waals surface area (Å²) in [5.41, 5.74) is -0.614. The Balaban J connectivity index is 2.01. The van der Waals surface area contributed by atoms with Crippen LogP contribution in [0.1, 0.15) is 46.5 Å². The maximum atomic E-state index is 13.4. The SMILES string of the molecule is CC(C)(C)OC(=O)N[C@@H](C(=O)N1CCC=C(F)C1)C1CCC1. The first-order valence-electron chi connectivity index (χ1n) is 7.89. The van der Waals surface area contributed by atoms with Crippen LogP contribution in [0.2, 0.25) is 0 Å². The Morgan fingerprint density at radius 2 is 2.09 bits per heavy atom. The number of nitrogens with zero attached hydrogens (tertiary/aromatic N) is 1. The molecule has 6 heteroatoms. The summed E-state index contributed by atoms with van der Waals surface area (Å²) in [6, 6.07) is -0.616. The molecular weight excluding hydrogens is 287 g/mol. The third kappa shape index (κ3) is 4.45. The molecule has 5 nitrogen and oxygen atoms in total. The zero-order valence-corrected chi connectivity index (χ0v) is 13.5. The number of alkyl carbamates (subject to hydrolysis) is 1. The van der Waals surface area contributed by atoms with Crippen molar-refractivity contribution in [3.05, 3.63) is 11.9 Å². The first-order valence-corrected chi connectivity index (χ1v) is 7.89. The topological polar surface area (TPSA) is 58.6 Å². The van der Waals surface area contributed by atoms with Crippen LogP contribution in [-0.4, -0.2) is 41.6 Å². The average Bonchev–Trinajstić information content (AvgIpc) is 2.32. The summed E-state index contributed by atoms with van der Waals surface area (Å²) in [6.07, 6.45) is 4.28. The van der Waals surface area contributed by atoms with E-state index in [1.165, 1.54) is 11.0 Å². The monoisotopic (exact) mass is 312 g/mol. The van der Waals surface area contributed by atoms with Crippen LogP contribution in [0.4, 0.5) is 9.18 Å². The number of carbonyl (C=O) groups is 2. The van der Waals surface area contributed by atoms with Gasteiger partial charge in [0.25, 0.3) is 0 Å². The first kappa shape index (κ1) is 16.8. The van der Waals surface area contributed by atoms with Gasteiger partial charge in [-0.1, -0.05) is 6.42 Å². The molecule has 1 fully saturated rings. The van der Waals surface area contributed by atoms with Gasteiger partial charge in [0.05, 0.1) is 6.54 Å². The van der Waals surface area contributed by atoms with Crippen LogP contribution >= 0.6 is 0 Å². The van der Waals surface area contributed by atoms with Gasteiger partial charge < -0.3 is 15.0 Å². The van der Waals surface area contributed by atoms with Crippen LogP contribution in [-0.2, 0) is 9.53 Å². The molecule has 2 amide bonds. The molecule has 1 saturated carbocycles. The fourth-order valence-electron chi connectivity index (χ4n) is 2.68. The number of ether oxygens (including phenoxy) is 1. The fourth-order valence-corrected chi connectivity index (χ4v) is 2.68. The molecule has 1 aliphatic carbocycles. The summed E-state index contributed by atoms with van der Waals surface area (Å²) in [6.45, 7) is 5.82. The van der Waals surface area contributed by atoms with E-state index in [0.29, 0.717) is 13.0 Å². The van der Waals surface area contributed by atoms with Crippen molar-refractivity contribution in [2.24, 2.45) is 5.92 Å². The molecule has 0 aromatic heterocycles. The molecule has 22 heavy (non-hydrogen) atoms. The summed E-state index contributed by atoms with van der Waals surface area (Å²) in [7, 11) is 0. The van der Waals surface area contributed by atoms with Gasteiger partial charge in [0.15, 0.2) is 0 Å². The minimum Gasteiger partial charge on any atom is -0.444 e. The second kappa shape index (κ2) is 6.67. The van der Waals surface area contributed by atoms with E-state index >= 15 is 0 Å². The van der Waals surface area contributed by atoms with Crippen molar-refractivity contribution in [2.45, 2.75) is 58.1 Å². The van der Waals surface area contributed by atoms with Crippen LogP contribution in [0.5, 0.6) is 0 Å². The number of hydrogen-bond acceptors (Lipinski definition) is 3. The summed E-state index contributed by atoms with van der Waals surface area (Å²) in [5.74, 6) is -0.378. The van der Waals surface area contributed by atoms with Gasteiger partial charge in [-0.05, 0) is 52.0 Å². The summed E-state index contributed by atoms with van der Waals surface area (Å²) < 4.78 is 18.6. The second-order valence-corrected chi connectivity index (χ2v) is 7.01. The van der Waals surface area contributed by atoms with Gasteiger partial charge in [0, 0.05) is 6.54 Å². The van der Waals surface area contributed by atoms with Crippen molar-refractivity contribution in [1.29, 1.82) is 0 Å². The number of nitrogens with one attached hydrogen (secondary N) is 1. The number of rotatable bonds is 3. The quantitative estimate of drug-likeness (QED) is 0.872. The Morgan fingerprint density at radius 3 is 2.59 bits per heavy atom. The van der Waals surface area contributed by atoms with E-state index in [-0.39, 0.29) is 24.2 Å². The molecule has 1 heterocycles. The van der Waals surface area contributed by atoms with E-state index in [4.69, 9.17) is 4.74 Å². The number of hydrogen-bond donors (Lipinski definition) is 1. The Labute approximate surface area is 130 Å². The zero-order chi connectivity index (χ0) is 16.3. The van der Waals surface area contributed by atoms with Crippen LogP contribution in [0.15, 0.2) is 11.9 Å². The van der Waals surface area contributed by atoms with Crippen molar-refractivity contribution >= 4 is 12.0 Å². The molecule has 0 radical (unpaired) electrons. The maximum absolute atomic E-state index is 13.4. The molecule has 0 spiro atoms. The Kier molecular flexibility index (Phi) is 5.08. The van der Waals surface area contributed by atoms with Gasteiger partial charge in [-0.2, -0.15) is 0 Å². The molecule has 1 aliphatic heterocycles. The highest BCUT2D eigenvalue weighted by Gasteiger charge is 2.37. The standard InChI is InChI=1S/C16H25FN2O3/c1-16(2,3)22-15(21)18-13(11-6-4-7-11)14(20)19-9-5-8-12(17)10-19/h8,11,13H,4-7,9-10H2,1-3H3,(H,18,21)/t13-/m1/s1. The molecule has 1 N–H and O–H groups in total. The lowest BCUT2D eigenvalue weighted by Gasteiger charge is -2.37. The Bertz CT molecular complexity index is 467. The smallest absolute Gasteiger partial charge is 0.408 e. The van der Waals surface area contributed by atoms with Crippen LogP contribution in [0, 0.1) is 5.92 Å². The minimum atomic E-state index is -0.616. The lowest BCUT2D eigenvalue weighted by atomic mass is 9.79. The van der Waals surface area contributed by atoms with Gasteiger partial charge in [0.1, 0.15) is 17.5 Å². The summed E-state index contributed by atoms with van der Waals surface area (Å²) in [5, 5.41) is 2.69. The summed E-state index contributed by atoms with van der Waals surface area (Å²) >= 11 is 0. The molecule has 124 valence electrons. The van der Waals surface area contributed by atoms with Gasteiger partial charge in [0.2, 0.25) is 5.91 Å². The van der Waals surface area contributed by atoms with Gasteiger partial charge in [-0.3, -0.25) is 4.79 Å². The highest BCUT2D eigenvalue weighted by molar-refractivity contribution is 5.86. The third-order valence-electron chi connectivity index (χ3n) is 3.98. The van der Waals surface area contributed by atoms with Crippen molar-refractivity contribution in [1.82, 2.24) is 10.2 Å². The molecule has 2 rings (SSSR count). The normalized spacial score (nSPS) is 20.7. The number of halogens is 1. The van der Waals surface area contributed by atoms with Crippen molar-refractivity contribution in [3.63, 3.8) is 0 Å². The predicted molar refractivity (Wildman–Crippen MR) is 80.9 cm³/mol. The van der Waals surface area contributed by atoms with Crippen LogP contribution < -0.4 is 5.32 Å². The Morgan fingerprint density at radius 1 is 1.41 bits per heavy atom. The van der Waals surface area contributed by atoms with E-state index < -0.39 is 17.7 Å². The molecule has 2 aliphatic rings. The summed E-state index contributed by atoms with van der Waals surface area (Å²) in [4.78, 5) is 26.1. The third-order valence-corrected chi connectivity index (χ3v) is 3.98. The van der Waals surface area contributed by atoms with E-state index in [0.717, 1.165) is 19.3 Å². The molecule has 0 aromatic carbocycles. The van der Waals surface area contributed by atoms with Crippen LogP contribution in [0.25, 0.3) is 0 Å². The predicted octanol–water partition coefficient (Wildman–Crippen LogP) is 2.77. The van der Waals surface area contributed by atoms with E-state index in [1.807, 2.05) is 0 Å². The van der Waals surface area contributed by atoms with Crippen LogP contribution in [0.3, 0.4) is 0 Å². The molecule has 0 saturated heterocycles. The van der Waals surface area contributed by atoms with E-state index in [2.05, 4.69) is 5.32 Å². The highest BCUT2D eigenvalue weighted by Crippen LogP contribution is 2.31. The van der Waals surface area contributed by atoms with Gasteiger partial charge >= 0.3 is 6.09 Å². The van der Waals surface area contributed by atoms with Crippen molar-refractivity contribution in [2.75, 3.05) is 13.1 Å². The van der Waals surface area contributed by atoms with Gasteiger partial charge in [-0.15, -0.1) is 0 Å². The maximum Gasteiger partial charge on any atom is 0.408 e. The number of amides is 2. The molecule has 0 unspecified atom stereocenters.